The number of urea groups is 1. The molecule has 2 aliphatic heterocycles. The second-order valence-corrected chi connectivity index (χ2v) is 4.91. The summed E-state index contributed by atoms with van der Waals surface area (Å²) in [5, 5.41) is 6.36. The van der Waals surface area contributed by atoms with Crippen LogP contribution in [0.2, 0.25) is 0 Å². The molecule has 2 N–H and O–H groups in total. The number of pyridine rings is 1. The zero-order valence-corrected chi connectivity index (χ0v) is 10.3. The number of hydrogen-bond acceptors (Lipinski definition) is 3. The molecule has 2 fully saturated rings. The first-order valence-corrected chi connectivity index (χ1v) is 6.53. The van der Waals surface area contributed by atoms with E-state index in [1.807, 2.05) is 23.1 Å². The molecule has 0 aromatic carbocycles. The summed E-state index contributed by atoms with van der Waals surface area (Å²) in [6, 6.07) is 6.21. The van der Waals surface area contributed by atoms with Crippen LogP contribution in [-0.2, 0) is 0 Å². The van der Waals surface area contributed by atoms with Gasteiger partial charge in [-0.05, 0) is 31.5 Å². The number of aromatic nitrogens is 1. The normalized spacial score (nSPS) is 28.2. The zero-order chi connectivity index (χ0) is 12.4. The third-order valence-corrected chi connectivity index (χ3v) is 3.69. The van der Waals surface area contributed by atoms with Crippen molar-refractivity contribution in [2.45, 2.75) is 24.9 Å². The lowest BCUT2D eigenvalue weighted by atomic mass is 10.1. The highest BCUT2D eigenvalue weighted by atomic mass is 16.2. The van der Waals surface area contributed by atoms with Gasteiger partial charge in [0, 0.05) is 25.3 Å². The van der Waals surface area contributed by atoms with E-state index in [0.29, 0.717) is 6.04 Å². The van der Waals surface area contributed by atoms with E-state index in [9.17, 15) is 4.79 Å². The minimum absolute atomic E-state index is 0.0284. The summed E-state index contributed by atoms with van der Waals surface area (Å²) in [5.74, 6) is 0. The van der Waals surface area contributed by atoms with Crippen molar-refractivity contribution in [3.63, 3.8) is 0 Å². The molecule has 5 nitrogen and oxygen atoms in total. The van der Waals surface area contributed by atoms with Crippen molar-refractivity contribution >= 4 is 6.03 Å². The van der Waals surface area contributed by atoms with Gasteiger partial charge in [-0.25, -0.2) is 4.79 Å². The summed E-state index contributed by atoms with van der Waals surface area (Å²) in [7, 11) is 0. The average Bonchev–Trinajstić information content (AvgIpc) is 2.83. The Bertz CT molecular complexity index is 416. The second kappa shape index (κ2) is 4.94. The van der Waals surface area contributed by atoms with E-state index in [4.69, 9.17) is 0 Å². The first-order valence-electron chi connectivity index (χ1n) is 6.53. The van der Waals surface area contributed by atoms with Crippen molar-refractivity contribution in [1.29, 1.82) is 0 Å². The lowest BCUT2D eigenvalue weighted by Gasteiger charge is -2.30. The second-order valence-electron chi connectivity index (χ2n) is 4.91. The maximum atomic E-state index is 12.0. The fourth-order valence-corrected chi connectivity index (χ4v) is 2.72. The Hall–Kier alpha value is -1.62. The van der Waals surface area contributed by atoms with E-state index in [2.05, 4.69) is 15.6 Å². The number of nitrogens with zero attached hydrogens (tertiary/aromatic N) is 2. The minimum Gasteiger partial charge on any atom is -0.328 e. The topological polar surface area (TPSA) is 57.3 Å². The summed E-state index contributed by atoms with van der Waals surface area (Å²) in [6.45, 7) is 2.69. The summed E-state index contributed by atoms with van der Waals surface area (Å²) in [6.07, 6.45) is 4.00. The summed E-state index contributed by atoms with van der Waals surface area (Å²) < 4.78 is 0. The van der Waals surface area contributed by atoms with Crippen LogP contribution < -0.4 is 10.6 Å². The van der Waals surface area contributed by atoms with Crippen LogP contribution in [0.4, 0.5) is 4.79 Å². The molecule has 2 amide bonds. The summed E-state index contributed by atoms with van der Waals surface area (Å²) >= 11 is 0. The summed E-state index contributed by atoms with van der Waals surface area (Å²) in [4.78, 5) is 18.3. The number of carbonyl (C=O) groups excluding carboxylic acids is 1. The molecule has 2 aliphatic rings. The van der Waals surface area contributed by atoms with Crippen LogP contribution in [0.25, 0.3) is 0 Å². The van der Waals surface area contributed by atoms with Gasteiger partial charge < -0.3 is 15.5 Å². The molecular weight excluding hydrogens is 228 g/mol. The van der Waals surface area contributed by atoms with Crippen molar-refractivity contribution in [1.82, 2.24) is 20.5 Å². The van der Waals surface area contributed by atoms with Crippen LogP contribution in [0.3, 0.4) is 0 Å². The first kappa shape index (κ1) is 11.5. The monoisotopic (exact) mass is 246 g/mol. The predicted octanol–water partition coefficient (Wildman–Crippen LogP) is 0.900. The molecule has 18 heavy (non-hydrogen) atoms. The number of nitrogens with one attached hydrogen (secondary N) is 2. The van der Waals surface area contributed by atoms with Crippen LogP contribution in [0.15, 0.2) is 24.4 Å². The Morgan fingerprint density at radius 3 is 3.06 bits per heavy atom. The van der Waals surface area contributed by atoms with E-state index >= 15 is 0 Å². The zero-order valence-electron chi connectivity index (χ0n) is 10.3. The molecule has 2 atom stereocenters. The molecule has 2 unspecified atom stereocenters. The Morgan fingerprint density at radius 1 is 1.39 bits per heavy atom. The van der Waals surface area contributed by atoms with Gasteiger partial charge in [0.2, 0.25) is 0 Å². The van der Waals surface area contributed by atoms with Gasteiger partial charge in [-0.3, -0.25) is 4.98 Å². The predicted molar refractivity (Wildman–Crippen MR) is 68.1 cm³/mol. The molecule has 1 aromatic heterocycles. The average molecular weight is 246 g/mol. The number of piperidine rings is 1. The van der Waals surface area contributed by atoms with Crippen LogP contribution in [0, 0.1) is 0 Å². The van der Waals surface area contributed by atoms with Gasteiger partial charge >= 0.3 is 6.03 Å². The Labute approximate surface area is 107 Å². The highest BCUT2D eigenvalue weighted by molar-refractivity contribution is 5.77. The molecule has 1 aromatic rings. The SMILES string of the molecule is O=C1NC(c2ccccn2)CN1C1CCCNC1. The largest absolute Gasteiger partial charge is 0.328 e. The van der Waals surface area contributed by atoms with Crippen LogP contribution in [0.1, 0.15) is 24.6 Å². The molecule has 2 saturated heterocycles. The number of carbonyl (C=O) groups is 1. The molecule has 3 heterocycles. The maximum absolute atomic E-state index is 12.0. The number of hydrogen-bond donors (Lipinski definition) is 2. The molecule has 0 aliphatic carbocycles. The molecule has 3 rings (SSSR count). The Kier molecular flexibility index (Phi) is 3.15. The van der Waals surface area contributed by atoms with Crippen LogP contribution >= 0.6 is 0 Å². The molecular formula is C13H18N4O. The Balaban J connectivity index is 1.70. The van der Waals surface area contributed by atoms with Gasteiger partial charge in [0.15, 0.2) is 0 Å². The van der Waals surface area contributed by atoms with Gasteiger partial charge in [-0.1, -0.05) is 6.07 Å². The van der Waals surface area contributed by atoms with E-state index in [0.717, 1.165) is 38.2 Å². The fourth-order valence-electron chi connectivity index (χ4n) is 2.72. The fraction of sp³-hybridized carbons (Fsp3) is 0.538. The quantitative estimate of drug-likeness (QED) is 0.815. The molecule has 96 valence electrons. The van der Waals surface area contributed by atoms with Crippen LogP contribution in [-0.4, -0.2) is 41.6 Å². The van der Waals surface area contributed by atoms with Crippen molar-refractivity contribution < 1.29 is 4.79 Å². The van der Waals surface area contributed by atoms with E-state index < -0.39 is 0 Å². The third kappa shape index (κ3) is 2.18. The minimum atomic E-state index is 0.0284. The molecule has 0 bridgehead atoms. The Morgan fingerprint density at radius 2 is 2.33 bits per heavy atom. The highest BCUT2D eigenvalue weighted by Gasteiger charge is 2.35. The van der Waals surface area contributed by atoms with Crippen molar-refractivity contribution in [3.05, 3.63) is 30.1 Å². The third-order valence-electron chi connectivity index (χ3n) is 3.69. The van der Waals surface area contributed by atoms with Gasteiger partial charge in [0.05, 0.1) is 11.7 Å². The lowest BCUT2D eigenvalue weighted by molar-refractivity contribution is 0.184. The molecule has 0 radical (unpaired) electrons. The molecule has 5 heteroatoms. The van der Waals surface area contributed by atoms with Crippen molar-refractivity contribution in [3.8, 4) is 0 Å². The van der Waals surface area contributed by atoms with Gasteiger partial charge in [0.25, 0.3) is 0 Å². The number of amides is 2. The van der Waals surface area contributed by atoms with E-state index in [1.165, 1.54) is 0 Å². The van der Waals surface area contributed by atoms with E-state index in [1.54, 1.807) is 6.20 Å². The molecule has 0 spiro atoms. The lowest BCUT2D eigenvalue weighted by Crippen LogP contribution is -2.47. The summed E-state index contributed by atoms with van der Waals surface area (Å²) in [5.41, 5.74) is 0.942. The standard InChI is InChI=1S/C13H18N4O/c18-13-16-12(11-5-1-2-7-15-11)9-17(13)10-4-3-6-14-8-10/h1-2,5,7,10,12,14H,3-4,6,8-9H2,(H,16,18). The van der Waals surface area contributed by atoms with E-state index in [-0.39, 0.29) is 12.1 Å². The number of rotatable bonds is 2. The van der Waals surface area contributed by atoms with Crippen molar-refractivity contribution in [2.75, 3.05) is 19.6 Å². The maximum Gasteiger partial charge on any atom is 0.318 e. The van der Waals surface area contributed by atoms with Crippen molar-refractivity contribution in [2.24, 2.45) is 0 Å². The van der Waals surface area contributed by atoms with Gasteiger partial charge in [-0.15, -0.1) is 0 Å². The smallest absolute Gasteiger partial charge is 0.318 e. The van der Waals surface area contributed by atoms with Gasteiger partial charge in [-0.2, -0.15) is 0 Å². The highest BCUT2D eigenvalue weighted by Crippen LogP contribution is 2.22. The molecule has 0 saturated carbocycles. The first-order chi connectivity index (χ1) is 8.84. The van der Waals surface area contributed by atoms with Gasteiger partial charge in [0.1, 0.15) is 0 Å². The van der Waals surface area contributed by atoms with Crippen LogP contribution in [0.5, 0.6) is 0 Å².